The summed E-state index contributed by atoms with van der Waals surface area (Å²) in [7, 11) is 0. The number of hydrogen-bond acceptors (Lipinski definition) is 4. The lowest BCUT2D eigenvalue weighted by Crippen LogP contribution is -2.49. The molecule has 2 aromatic carbocycles. The van der Waals surface area contributed by atoms with Crippen LogP contribution in [0.4, 0.5) is 5.69 Å². The Morgan fingerprint density at radius 2 is 1.72 bits per heavy atom. The number of nitrogens with two attached hydrogens (primary N) is 1. The van der Waals surface area contributed by atoms with Crippen LogP contribution in [0.1, 0.15) is 44.4 Å². The summed E-state index contributed by atoms with van der Waals surface area (Å²) in [5, 5.41) is 8.35. The number of carbonyl (C=O) groups excluding carboxylic acids is 1. The van der Waals surface area contributed by atoms with Gasteiger partial charge >= 0.3 is 0 Å². The fraction of sp³-hybridized carbons (Fsp3) is 0.308. The zero-order valence-electron chi connectivity index (χ0n) is 20.4. The van der Waals surface area contributed by atoms with Gasteiger partial charge in [0.15, 0.2) is 0 Å². The van der Waals surface area contributed by atoms with Crippen molar-refractivity contribution in [2.75, 3.05) is 18.4 Å². The van der Waals surface area contributed by atoms with Crippen molar-refractivity contribution in [1.29, 1.82) is 0 Å². The number of benzene rings is 2. The first-order valence-corrected chi connectivity index (χ1v) is 10.9. The fourth-order valence-corrected chi connectivity index (χ4v) is 2.71. The van der Waals surface area contributed by atoms with E-state index >= 15 is 0 Å². The van der Waals surface area contributed by atoms with Gasteiger partial charge in [0.1, 0.15) is 6.79 Å². The van der Waals surface area contributed by atoms with Gasteiger partial charge in [0.05, 0.1) is 18.8 Å². The number of rotatable bonds is 5. The minimum atomic E-state index is 0.595. The van der Waals surface area contributed by atoms with Crippen molar-refractivity contribution in [2.24, 2.45) is 10.8 Å². The molecule has 4 N–H and O–H groups in total. The Bertz CT molecular complexity index is 875. The van der Waals surface area contributed by atoms with Crippen LogP contribution in [0, 0.1) is 13.8 Å². The van der Waals surface area contributed by atoms with E-state index in [1.807, 2.05) is 64.8 Å². The highest BCUT2D eigenvalue weighted by atomic mass is 16.1. The van der Waals surface area contributed by atoms with Crippen molar-refractivity contribution in [1.82, 2.24) is 10.3 Å². The summed E-state index contributed by atoms with van der Waals surface area (Å²) in [5.74, 6) is 6.65. The Morgan fingerprint density at radius 1 is 1.09 bits per heavy atom. The highest BCUT2D eigenvalue weighted by molar-refractivity contribution is 5.87. The van der Waals surface area contributed by atoms with E-state index in [4.69, 9.17) is 10.6 Å². The monoisotopic (exact) mass is 437 g/mol. The number of hydrazine groups is 1. The lowest BCUT2D eigenvalue weighted by Gasteiger charge is -2.27. The van der Waals surface area contributed by atoms with E-state index in [9.17, 15) is 0 Å². The van der Waals surface area contributed by atoms with Crippen molar-refractivity contribution >= 4 is 24.1 Å². The van der Waals surface area contributed by atoms with E-state index < -0.39 is 0 Å². The number of nitrogens with zero attached hydrogens (tertiary/aromatic N) is 2. The molecule has 0 saturated carbocycles. The van der Waals surface area contributed by atoms with Gasteiger partial charge in [-0.25, -0.2) is 10.8 Å². The van der Waals surface area contributed by atoms with Gasteiger partial charge in [0, 0.05) is 11.4 Å². The first-order chi connectivity index (χ1) is 15.5. The molecule has 1 aliphatic rings. The third-order valence-electron chi connectivity index (χ3n) is 4.29. The molecule has 0 atom stereocenters. The zero-order chi connectivity index (χ0) is 24.5. The topological polar surface area (TPSA) is 82.8 Å². The van der Waals surface area contributed by atoms with E-state index in [0.29, 0.717) is 24.7 Å². The van der Waals surface area contributed by atoms with Gasteiger partial charge < -0.3 is 15.4 Å². The molecule has 0 saturated heterocycles. The normalized spacial score (nSPS) is 13.0. The third kappa shape index (κ3) is 9.18. The Kier molecular flexibility index (Phi) is 14.6. The number of anilines is 1. The molecule has 0 unspecified atom stereocenters. The van der Waals surface area contributed by atoms with Gasteiger partial charge in [-0.05, 0) is 42.7 Å². The standard InChI is InChI=1S/C21H25N5.2C2H6.CH2O/c1-15-9-10-16(2)20(13-15)23-14-19-11-12-26(22)21(25-19)24-17(3)18-7-5-4-6-8-18;3*1-2/h4-11,13,23H,3,12,14,22H2,1-2H3,(H,24,25);2*1-2H3;1H2. The SMILES string of the molecule is C=C(N=C1NC(CNc2cc(C)ccc2C)=CCN1N)c1ccccc1.C=O.CC.CC. The maximum absolute atomic E-state index is 8.00. The molecular formula is C26H39N5O. The summed E-state index contributed by atoms with van der Waals surface area (Å²) in [5.41, 5.74) is 6.27. The first kappa shape index (κ1) is 28.6. The van der Waals surface area contributed by atoms with Crippen LogP contribution in [0.2, 0.25) is 0 Å². The second kappa shape index (κ2) is 16.3. The van der Waals surface area contributed by atoms with E-state index in [1.54, 1.807) is 5.01 Å². The largest absolute Gasteiger partial charge is 0.379 e. The Hall–Kier alpha value is -3.38. The summed E-state index contributed by atoms with van der Waals surface area (Å²) in [6.07, 6.45) is 2.06. The molecular weight excluding hydrogens is 398 g/mol. The summed E-state index contributed by atoms with van der Waals surface area (Å²) in [6, 6.07) is 16.3. The van der Waals surface area contributed by atoms with Crippen LogP contribution in [0.3, 0.4) is 0 Å². The van der Waals surface area contributed by atoms with E-state index in [2.05, 4.69) is 60.3 Å². The molecule has 3 rings (SSSR count). The molecule has 2 aromatic rings. The minimum Gasteiger partial charge on any atom is -0.379 e. The number of aryl methyl sites for hydroxylation is 2. The average molecular weight is 438 g/mol. The predicted octanol–water partition coefficient (Wildman–Crippen LogP) is 5.27. The van der Waals surface area contributed by atoms with Crippen LogP contribution in [0.5, 0.6) is 0 Å². The third-order valence-corrected chi connectivity index (χ3v) is 4.29. The van der Waals surface area contributed by atoms with Crippen molar-refractivity contribution in [2.45, 2.75) is 41.5 Å². The molecule has 6 nitrogen and oxygen atoms in total. The lowest BCUT2D eigenvalue weighted by atomic mass is 10.1. The molecule has 0 amide bonds. The van der Waals surface area contributed by atoms with Crippen molar-refractivity contribution < 1.29 is 4.79 Å². The number of carbonyl (C=O) groups is 1. The fourth-order valence-electron chi connectivity index (χ4n) is 2.71. The minimum absolute atomic E-state index is 0.595. The maximum atomic E-state index is 8.00. The molecule has 0 aromatic heterocycles. The van der Waals surface area contributed by atoms with Gasteiger partial charge in [-0.1, -0.05) is 76.7 Å². The second-order valence-corrected chi connectivity index (χ2v) is 6.43. The average Bonchev–Trinajstić information content (AvgIpc) is 2.85. The molecule has 1 heterocycles. The highest BCUT2D eigenvalue weighted by Crippen LogP contribution is 2.17. The first-order valence-electron chi connectivity index (χ1n) is 10.9. The Morgan fingerprint density at radius 3 is 2.34 bits per heavy atom. The molecule has 0 aliphatic carbocycles. The second-order valence-electron chi connectivity index (χ2n) is 6.43. The summed E-state index contributed by atoms with van der Waals surface area (Å²) >= 11 is 0. The quantitative estimate of drug-likeness (QED) is 0.555. The van der Waals surface area contributed by atoms with Gasteiger partial charge in [-0.2, -0.15) is 0 Å². The molecule has 0 bridgehead atoms. The van der Waals surface area contributed by atoms with Crippen LogP contribution >= 0.6 is 0 Å². The molecule has 6 heteroatoms. The molecule has 0 radical (unpaired) electrons. The van der Waals surface area contributed by atoms with E-state index in [-0.39, 0.29) is 0 Å². The summed E-state index contributed by atoms with van der Waals surface area (Å²) < 4.78 is 0. The lowest BCUT2D eigenvalue weighted by molar-refractivity contribution is -0.0979. The van der Waals surface area contributed by atoms with Gasteiger partial charge in [-0.15, -0.1) is 0 Å². The van der Waals surface area contributed by atoms with Crippen molar-refractivity contribution in [3.8, 4) is 0 Å². The van der Waals surface area contributed by atoms with Gasteiger partial charge in [-0.3, -0.25) is 5.01 Å². The molecule has 1 aliphatic heterocycles. The number of aliphatic imine (C=N–C) groups is 1. The van der Waals surface area contributed by atoms with Crippen LogP contribution < -0.4 is 16.5 Å². The van der Waals surface area contributed by atoms with E-state index in [1.165, 1.54) is 11.1 Å². The van der Waals surface area contributed by atoms with Crippen molar-refractivity contribution in [3.63, 3.8) is 0 Å². The maximum Gasteiger partial charge on any atom is 0.218 e. The van der Waals surface area contributed by atoms with Crippen LogP contribution in [0.25, 0.3) is 5.70 Å². The molecule has 0 fully saturated rings. The highest BCUT2D eigenvalue weighted by Gasteiger charge is 2.15. The number of guanidine groups is 1. The summed E-state index contributed by atoms with van der Waals surface area (Å²) in [4.78, 5) is 12.6. The van der Waals surface area contributed by atoms with Crippen molar-refractivity contribution in [3.05, 3.63) is 83.6 Å². The molecule has 32 heavy (non-hydrogen) atoms. The predicted molar refractivity (Wildman–Crippen MR) is 139 cm³/mol. The van der Waals surface area contributed by atoms with Gasteiger partial charge in [0.2, 0.25) is 5.96 Å². The number of nitrogens with one attached hydrogen (secondary N) is 2. The van der Waals surface area contributed by atoms with Crippen LogP contribution in [-0.4, -0.2) is 30.8 Å². The Labute approximate surface area is 193 Å². The smallest absolute Gasteiger partial charge is 0.218 e. The number of hydrogen-bond donors (Lipinski definition) is 3. The Balaban J connectivity index is 0.00000148. The van der Waals surface area contributed by atoms with Crippen LogP contribution in [0.15, 0.2) is 71.9 Å². The van der Waals surface area contributed by atoms with E-state index in [0.717, 1.165) is 16.9 Å². The summed E-state index contributed by atoms with van der Waals surface area (Å²) in [6.45, 7) is 19.5. The molecule has 0 spiro atoms. The van der Waals surface area contributed by atoms with Gasteiger partial charge in [0.25, 0.3) is 0 Å². The zero-order valence-corrected chi connectivity index (χ0v) is 20.4. The molecule has 174 valence electrons. The van der Waals surface area contributed by atoms with Crippen LogP contribution in [-0.2, 0) is 4.79 Å².